The van der Waals surface area contributed by atoms with E-state index in [2.05, 4.69) is 19.9 Å². The van der Waals surface area contributed by atoms with Crippen LogP contribution in [0.15, 0.2) is 54.6 Å². The summed E-state index contributed by atoms with van der Waals surface area (Å²) in [5.41, 5.74) is 8.01. The molecule has 0 bridgehead atoms. The first-order chi connectivity index (χ1) is 9.91. The van der Waals surface area contributed by atoms with Crippen molar-refractivity contribution in [3.05, 3.63) is 71.3 Å². The molecule has 0 fully saturated rings. The molecule has 0 aliphatic carbocycles. The molecule has 0 amide bonds. The monoisotopic (exact) mass is 281 g/mol. The zero-order valence-corrected chi connectivity index (χ0v) is 13.0. The normalized spacial score (nSPS) is 14.0. The van der Waals surface area contributed by atoms with Crippen LogP contribution in [0.1, 0.15) is 42.3 Å². The summed E-state index contributed by atoms with van der Waals surface area (Å²) in [4.78, 5) is 12.8. The maximum atomic E-state index is 12.8. The average Bonchev–Trinajstić information content (AvgIpc) is 2.47. The van der Waals surface area contributed by atoms with Gasteiger partial charge in [-0.2, -0.15) is 0 Å². The summed E-state index contributed by atoms with van der Waals surface area (Å²) in [6, 6.07) is 17.3. The topological polar surface area (TPSA) is 43.1 Å². The lowest BCUT2D eigenvalue weighted by Gasteiger charge is -2.24. The van der Waals surface area contributed by atoms with E-state index < -0.39 is 5.54 Å². The predicted molar refractivity (Wildman–Crippen MR) is 87.3 cm³/mol. The summed E-state index contributed by atoms with van der Waals surface area (Å²) < 4.78 is 0. The zero-order valence-electron chi connectivity index (χ0n) is 13.0. The number of nitrogens with two attached hydrogens (primary N) is 1. The fourth-order valence-corrected chi connectivity index (χ4v) is 2.53. The van der Waals surface area contributed by atoms with Gasteiger partial charge in [-0.25, -0.2) is 0 Å². The number of hydrogen-bond acceptors (Lipinski definition) is 2. The third-order valence-corrected chi connectivity index (χ3v) is 3.68. The Morgan fingerprint density at radius 1 is 1.10 bits per heavy atom. The molecule has 2 aromatic rings. The molecule has 0 spiro atoms. The number of Topliss-reactive ketones (excluding diaryl/α,β-unsaturated/α-hetero) is 1. The van der Waals surface area contributed by atoms with Crippen LogP contribution >= 0.6 is 0 Å². The molecule has 2 rings (SSSR count). The van der Waals surface area contributed by atoms with Gasteiger partial charge in [0.15, 0.2) is 5.78 Å². The highest BCUT2D eigenvalue weighted by Crippen LogP contribution is 2.23. The standard InChI is InChI=1S/C19H23NO/c1-14(2)12-15-8-7-9-16(13-15)18(21)19(3,20)17-10-5-4-6-11-17/h4-11,13-14H,12,20H2,1-3H3. The van der Waals surface area contributed by atoms with Crippen molar-refractivity contribution in [2.75, 3.05) is 0 Å². The van der Waals surface area contributed by atoms with E-state index in [1.165, 1.54) is 5.56 Å². The van der Waals surface area contributed by atoms with Crippen LogP contribution in [0.5, 0.6) is 0 Å². The predicted octanol–water partition coefficient (Wildman–Crippen LogP) is 3.94. The lowest BCUT2D eigenvalue weighted by molar-refractivity contribution is 0.0900. The first-order valence-electron chi connectivity index (χ1n) is 7.39. The lowest BCUT2D eigenvalue weighted by atomic mass is 9.84. The SMILES string of the molecule is CC(C)Cc1cccc(C(=O)C(C)(N)c2ccccc2)c1. The van der Waals surface area contributed by atoms with Crippen molar-refractivity contribution in [1.82, 2.24) is 0 Å². The molecule has 0 aliphatic rings. The highest BCUT2D eigenvalue weighted by atomic mass is 16.1. The molecule has 0 aliphatic heterocycles. The van der Waals surface area contributed by atoms with Crippen molar-refractivity contribution in [3.63, 3.8) is 0 Å². The summed E-state index contributed by atoms with van der Waals surface area (Å²) in [6.45, 7) is 6.12. The van der Waals surface area contributed by atoms with Crippen molar-refractivity contribution in [2.24, 2.45) is 11.7 Å². The van der Waals surface area contributed by atoms with Crippen molar-refractivity contribution < 1.29 is 4.79 Å². The van der Waals surface area contributed by atoms with Gasteiger partial charge >= 0.3 is 0 Å². The van der Waals surface area contributed by atoms with Crippen molar-refractivity contribution >= 4 is 5.78 Å². The van der Waals surface area contributed by atoms with E-state index in [0.717, 1.165) is 12.0 Å². The summed E-state index contributed by atoms with van der Waals surface area (Å²) in [5.74, 6) is 0.521. The molecule has 2 nitrogen and oxygen atoms in total. The van der Waals surface area contributed by atoms with Gasteiger partial charge < -0.3 is 5.73 Å². The van der Waals surface area contributed by atoms with E-state index in [1.54, 1.807) is 6.92 Å². The van der Waals surface area contributed by atoms with Gasteiger partial charge in [-0.1, -0.05) is 62.4 Å². The van der Waals surface area contributed by atoms with Gasteiger partial charge in [-0.05, 0) is 36.5 Å². The molecule has 0 radical (unpaired) electrons. The van der Waals surface area contributed by atoms with Crippen LogP contribution in [0.25, 0.3) is 0 Å². The van der Waals surface area contributed by atoms with Gasteiger partial charge in [0.25, 0.3) is 0 Å². The average molecular weight is 281 g/mol. The Labute approximate surface area is 127 Å². The Hall–Kier alpha value is -1.93. The molecule has 2 aromatic carbocycles. The minimum absolute atomic E-state index is 0.0423. The van der Waals surface area contributed by atoms with Crippen LogP contribution in [-0.2, 0) is 12.0 Å². The first kappa shape index (κ1) is 15.5. The number of carbonyl (C=O) groups is 1. The van der Waals surface area contributed by atoms with Gasteiger partial charge in [-0.3, -0.25) is 4.79 Å². The molecule has 1 unspecified atom stereocenters. The van der Waals surface area contributed by atoms with E-state index in [-0.39, 0.29) is 5.78 Å². The molecule has 0 aromatic heterocycles. The summed E-state index contributed by atoms with van der Waals surface area (Å²) in [6.07, 6.45) is 0.966. The first-order valence-corrected chi connectivity index (χ1v) is 7.39. The van der Waals surface area contributed by atoms with Gasteiger partial charge in [0.05, 0.1) is 0 Å². The third-order valence-electron chi connectivity index (χ3n) is 3.68. The van der Waals surface area contributed by atoms with Gasteiger partial charge in [0.1, 0.15) is 5.54 Å². The van der Waals surface area contributed by atoms with Crippen LogP contribution in [-0.4, -0.2) is 5.78 Å². The second kappa shape index (κ2) is 6.23. The molecule has 2 heteroatoms. The Morgan fingerprint density at radius 2 is 1.76 bits per heavy atom. The molecule has 21 heavy (non-hydrogen) atoms. The number of benzene rings is 2. The van der Waals surface area contributed by atoms with Crippen LogP contribution in [0.4, 0.5) is 0 Å². The summed E-state index contributed by atoms with van der Waals surface area (Å²) in [5, 5.41) is 0. The smallest absolute Gasteiger partial charge is 0.186 e. The minimum Gasteiger partial charge on any atom is -0.315 e. The molecule has 1 atom stereocenters. The Bertz CT molecular complexity index is 614. The van der Waals surface area contributed by atoms with E-state index in [4.69, 9.17) is 5.73 Å². The van der Waals surface area contributed by atoms with Gasteiger partial charge in [0.2, 0.25) is 0 Å². The van der Waals surface area contributed by atoms with E-state index in [9.17, 15) is 4.79 Å². The minimum atomic E-state index is -1.00. The Morgan fingerprint density at radius 3 is 2.38 bits per heavy atom. The van der Waals surface area contributed by atoms with Crippen molar-refractivity contribution in [2.45, 2.75) is 32.7 Å². The maximum absolute atomic E-state index is 12.8. The third kappa shape index (κ3) is 3.59. The van der Waals surface area contributed by atoms with Crippen LogP contribution in [0, 0.1) is 5.92 Å². The van der Waals surface area contributed by atoms with Crippen LogP contribution in [0.3, 0.4) is 0 Å². The van der Waals surface area contributed by atoms with Crippen molar-refractivity contribution in [1.29, 1.82) is 0 Å². The molecule has 0 saturated carbocycles. The molecule has 110 valence electrons. The van der Waals surface area contributed by atoms with Gasteiger partial charge in [0, 0.05) is 5.56 Å². The second-order valence-corrected chi connectivity index (χ2v) is 6.20. The number of carbonyl (C=O) groups excluding carboxylic acids is 1. The van der Waals surface area contributed by atoms with E-state index in [1.807, 2.05) is 48.5 Å². The fraction of sp³-hybridized carbons (Fsp3) is 0.316. The summed E-state index contributed by atoms with van der Waals surface area (Å²) in [7, 11) is 0. The quantitative estimate of drug-likeness (QED) is 0.843. The zero-order chi connectivity index (χ0) is 15.5. The number of ketones is 1. The largest absolute Gasteiger partial charge is 0.315 e. The summed E-state index contributed by atoms with van der Waals surface area (Å²) >= 11 is 0. The molecular weight excluding hydrogens is 258 g/mol. The maximum Gasteiger partial charge on any atom is 0.186 e. The van der Waals surface area contributed by atoms with E-state index >= 15 is 0 Å². The van der Waals surface area contributed by atoms with Crippen molar-refractivity contribution in [3.8, 4) is 0 Å². The molecule has 0 saturated heterocycles. The fourth-order valence-electron chi connectivity index (χ4n) is 2.53. The van der Waals surface area contributed by atoms with Crippen LogP contribution in [0.2, 0.25) is 0 Å². The molecule has 0 heterocycles. The highest BCUT2D eigenvalue weighted by molar-refractivity contribution is 6.03. The highest BCUT2D eigenvalue weighted by Gasteiger charge is 2.31. The number of rotatable bonds is 5. The number of hydrogen-bond donors (Lipinski definition) is 1. The van der Waals surface area contributed by atoms with E-state index in [0.29, 0.717) is 11.5 Å². The van der Waals surface area contributed by atoms with Crippen LogP contribution < -0.4 is 5.73 Å². The lowest BCUT2D eigenvalue weighted by Crippen LogP contribution is -2.41. The molecular formula is C19H23NO. The second-order valence-electron chi connectivity index (χ2n) is 6.20. The Kier molecular flexibility index (Phi) is 4.59. The Balaban J connectivity index is 2.31. The van der Waals surface area contributed by atoms with Gasteiger partial charge in [-0.15, -0.1) is 0 Å². The molecule has 2 N–H and O–H groups in total.